The number of hydrogen-bond acceptors (Lipinski definition) is 2. The van der Waals surface area contributed by atoms with Crippen molar-refractivity contribution in [1.29, 1.82) is 0 Å². The van der Waals surface area contributed by atoms with Gasteiger partial charge in [0.15, 0.2) is 0 Å². The average Bonchev–Trinajstić information content (AvgIpc) is 2.30. The molecule has 0 N–H and O–H groups in total. The Labute approximate surface area is 82.5 Å². The lowest BCUT2D eigenvalue weighted by Crippen LogP contribution is -2.02. The zero-order chi connectivity index (χ0) is 9.80. The van der Waals surface area contributed by atoms with Crippen LogP contribution in [0, 0.1) is 0 Å². The summed E-state index contributed by atoms with van der Waals surface area (Å²) in [6.07, 6.45) is 8.00. The molecule has 2 heteroatoms. The van der Waals surface area contributed by atoms with Gasteiger partial charge >= 0.3 is 0 Å². The number of hydrogen-bond donors (Lipinski definition) is 0. The monoisotopic (exact) mass is 186 g/mol. The molecule has 1 atom stereocenters. The molecule has 0 fully saturated rings. The molecule has 0 aromatic heterocycles. The number of allylic oxidation sites excluding steroid dienone is 2. The summed E-state index contributed by atoms with van der Waals surface area (Å²) in [6.45, 7) is 0. The number of carbonyl (C=O) groups excluding carboxylic acids is 1. The predicted molar refractivity (Wildman–Crippen MR) is 53.9 cm³/mol. The van der Waals surface area contributed by atoms with Crippen molar-refractivity contribution in [2.45, 2.75) is 6.10 Å². The van der Waals surface area contributed by atoms with E-state index in [1.807, 2.05) is 36.4 Å². The minimum Gasteiger partial charge on any atom is -0.489 e. The van der Waals surface area contributed by atoms with Crippen molar-refractivity contribution >= 4 is 6.29 Å². The van der Waals surface area contributed by atoms with Crippen molar-refractivity contribution in [3.05, 3.63) is 59.9 Å². The molecular formula is C12H10O2. The van der Waals surface area contributed by atoms with Crippen LogP contribution in [0.3, 0.4) is 0 Å². The molecule has 0 aliphatic carbocycles. The topological polar surface area (TPSA) is 26.3 Å². The van der Waals surface area contributed by atoms with Crippen molar-refractivity contribution in [1.82, 2.24) is 0 Å². The summed E-state index contributed by atoms with van der Waals surface area (Å²) in [7, 11) is 0. The van der Waals surface area contributed by atoms with Crippen LogP contribution in [0.5, 0.6) is 0 Å². The summed E-state index contributed by atoms with van der Waals surface area (Å²) in [5.74, 6) is 0. The standard InChI is InChI=1S/C12H10O2/c13-9-10-5-1-2-6-11(10)12-7-3-4-8-14-12/h1-9,12H. The molecule has 1 aromatic rings. The van der Waals surface area contributed by atoms with Crippen LogP contribution in [0.4, 0.5) is 0 Å². The van der Waals surface area contributed by atoms with Gasteiger partial charge in [-0.3, -0.25) is 4.79 Å². The van der Waals surface area contributed by atoms with E-state index in [9.17, 15) is 4.79 Å². The molecule has 0 radical (unpaired) electrons. The van der Waals surface area contributed by atoms with Gasteiger partial charge in [-0.15, -0.1) is 0 Å². The van der Waals surface area contributed by atoms with E-state index in [2.05, 4.69) is 0 Å². The highest BCUT2D eigenvalue weighted by atomic mass is 16.5. The van der Waals surface area contributed by atoms with Gasteiger partial charge in [0.25, 0.3) is 0 Å². The minimum absolute atomic E-state index is 0.138. The van der Waals surface area contributed by atoms with Gasteiger partial charge in [0.05, 0.1) is 6.26 Å². The third-order valence-corrected chi connectivity index (χ3v) is 2.13. The van der Waals surface area contributed by atoms with E-state index in [4.69, 9.17) is 4.74 Å². The second kappa shape index (κ2) is 3.92. The SMILES string of the molecule is O=Cc1ccccc1C1C=CC=CO1. The summed E-state index contributed by atoms with van der Waals surface area (Å²) < 4.78 is 5.38. The van der Waals surface area contributed by atoms with Gasteiger partial charge in [0.1, 0.15) is 12.4 Å². The molecule has 14 heavy (non-hydrogen) atoms. The molecular weight excluding hydrogens is 176 g/mol. The van der Waals surface area contributed by atoms with Gasteiger partial charge in [-0.1, -0.05) is 30.3 Å². The summed E-state index contributed by atoms with van der Waals surface area (Å²) >= 11 is 0. The molecule has 1 aliphatic rings. The number of aldehydes is 1. The quantitative estimate of drug-likeness (QED) is 0.664. The Morgan fingerprint density at radius 3 is 2.79 bits per heavy atom. The Kier molecular flexibility index (Phi) is 2.45. The van der Waals surface area contributed by atoms with Crippen molar-refractivity contribution in [3.63, 3.8) is 0 Å². The largest absolute Gasteiger partial charge is 0.489 e. The molecule has 0 amide bonds. The predicted octanol–water partition coefficient (Wildman–Crippen LogP) is 2.64. The lowest BCUT2D eigenvalue weighted by atomic mass is 10.0. The van der Waals surface area contributed by atoms with E-state index in [-0.39, 0.29) is 6.10 Å². The van der Waals surface area contributed by atoms with Crippen LogP contribution >= 0.6 is 0 Å². The van der Waals surface area contributed by atoms with Crippen LogP contribution in [-0.4, -0.2) is 6.29 Å². The molecule has 0 saturated heterocycles. The first kappa shape index (κ1) is 8.75. The Hall–Kier alpha value is -1.83. The highest BCUT2D eigenvalue weighted by Gasteiger charge is 2.12. The Bertz CT molecular complexity index is 391. The second-order valence-electron chi connectivity index (χ2n) is 3.02. The lowest BCUT2D eigenvalue weighted by Gasteiger charge is -2.16. The third kappa shape index (κ3) is 1.59. The fourth-order valence-corrected chi connectivity index (χ4v) is 1.44. The van der Waals surface area contributed by atoms with E-state index in [1.54, 1.807) is 12.3 Å². The van der Waals surface area contributed by atoms with Gasteiger partial charge in [-0.25, -0.2) is 0 Å². The molecule has 1 heterocycles. The van der Waals surface area contributed by atoms with E-state index < -0.39 is 0 Å². The summed E-state index contributed by atoms with van der Waals surface area (Å²) in [5.41, 5.74) is 1.58. The number of ether oxygens (including phenoxy) is 1. The molecule has 1 unspecified atom stereocenters. The Balaban J connectivity index is 2.35. The first-order valence-corrected chi connectivity index (χ1v) is 4.45. The fraction of sp³-hybridized carbons (Fsp3) is 0.0833. The number of benzene rings is 1. The van der Waals surface area contributed by atoms with Crippen molar-refractivity contribution in [2.75, 3.05) is 0 Å². The maximum Gasteiger partial charge on any atom is 0.150 e. The van der Waals surface area contributed by atoms with E-state index in [0.29, 0.717) is 5.56 Å². The Morgan fingerprint density at radius 2 is 2.07 bits per heavy atom. The normalized spacial score (nSPS) is 19.0. The van der Waals surface area contributed by atoms with E-state index in [0.717, 1.165) is 11.8 Å². The third-order valence-electron chi connectivity index (χ3n) is 2.13. The van der Waals surface area contributed by atoms with E-state index >= 15 is 0 Å². The maximum absolute atomic E-state index is 10.8. The Morgan fingerprint density at radius 1 is 1.21 bits per heavy atom. The van der Waals surface area contributed by atoms with E-state index in [1.165, 1.54) is 0 Å². The van der Waals surface area contributed by atoms with Crippen LogP contribution < -0.4 is 0 Å². The van der Waals surface area contributed by atoms with Crippen LogP contribution in [0.2, 0.25) is 0 Å². The van der Waals surface area contributed by atoms with Crippen LogP contribution in [0.15, 0.2) is 48.8 Å². The van der Waals surface area contributed by atoms with Gasteiger partial charge < -0.3 is 4.74 Å². The summed E-state index contributed by atoms with van der Waals surface area (Å²) in [6, 6.07) is 7.43. The average molecular weight is 186 g/mol. The van der Waals surface area contributed by atoms with Crippen molar-refractivity contribution in [2.24, 2.45) is 0 Å². The smallest absolute Gasteiger partial charge is 0.150 e. The maximum atomic E-state index is 10.8. The molecule has 2 nitrogen and oxygen atoms in total. The van der Waals surface area contributed by atoms with Crippen LogP contribution in [-0.2, 0) is 4.74 Å². The van der Waals surface area contributed by atoms with Gasteiger partial charge in [-0.2, -0.15) is 0 Å². The highest BCUT2D eigenvalue weighted by Crippen LogP contribution is 2.24. The first-order chi connectivity index (χ1) is 6.92. The molecule has 70 valence electrons. The lowest BCUT2D eigenvalue weighted by molar-refractivity contribution is 0.111. The van der Waals surface area contributed by atoms with Gasteiger partial charge in [0, 0.05) is 11.1 Å². The van der Waals surface area contributed by atoms with Crippen molar-refractivity contribution in [3.8, 4) is 0 Å². The first-order valence-electron chi connectivity index (χ1n) is 4.45. The molecule has 0 spiro atoms. The van der Waals surface area contributed by atoms with Crippen LogP contribution in [0.1, 0.15) is 22.0 Å². The summed E-state index contributed by atoms with van der Waals surface area (Å²) in [4.78, 5) is 10.8. The fourth-order valence-electron chi connectivity index (χ4n) is 1.44. The summed E-state index contributed by atoms with van der Waals surface area (Å²) in [5, 5.41) is 0. The molecule has 2 rings (SSSR count). The van der Waals surface area contributed by atoms with Gasteiger partial charge in [-0.05, 0) is 12.2 Å². The van der Waals surface area contributed by atoms with Crippen LogP contribution in [0.25, 0.3) is 0 Å². The molecule has 1 aromatic carbocycles. The van der Waals surface area contributed by atoms with Crippen molar-refractivity contribution < 1.29 is 9.53 Å². The minimum atomic E-state index is -0.138. The number of rotatable bonds is 2. The number of carbonyl (C=O) groups is 1. The highest BCUT2D eigenvalue weighted by molar-refractivity contribution is 5.77. The molecule has 0 bridgehead atoms. The molecule has 0 saturated carbocycles. The zero-order valence-electron chi connectivity index (χ0n) is 7.59. The second-order valence-corrected chi connectivity index (χ2v) is 3.02. The zero-order valence-corrected chi connectivity index (χ0v) is 7.59. The molecule has 1 aliphatic heterocycles. The van der Waals surface area contributed by atoms with Gasteiger partial charge in [0.2, 0.25) is 0 Å².